The van der Waals surface area contributed by atoms with Crippen LogP contribution in [0.1, 0.15) is 37.8 Å². The lowest BCUT2D eigenvalue weighted by atomic mass is 9.35. The van der Waals surface area contributed by atoms with Crippen LogP contribution < -0.4 is 11.2 Å². The van der Waals surface area contributed by atoms with Gasteiger partial charge >= 0.3 is 0 Å². The van der Waals surface area contributed by atoms with E-state index >= 15 is 0 Å². The highest BCUT2D eigenvalue weighted by Crippen LogP contribution is 2.70. The Bertz CT molecular complexity index is 1020. The molecule has 5 rings (SSSR count). The van der Waals surface area contributed by atoms with Crippen LogP contribution in [0.3, 0.4) is 0 Å². The Morgan fingerprint density at radius 1 is 0.742 bits per heavy atom. The van der Waals surface area contributed by atoms with Gasteiger partial charge in [0.25, 0.3) is 5.87 Å². The lowest BCUT2D eigenvalue weighted by molar-refractivity contribution is 0.405. The average Bonchev–Trinajstić information content (AvgIpc) is 3.09. The fourth-order valence-electron chi connectivity index (χ4n) is 6.39. The molecule has 1 aliphatic carbocycles. The number of hydrogen-bond donors (Lipinski definition) is 0. The van der Waals surface area contributed by atoms with Crippen LogP contribution in [-0.2, 0) is 0 Å². The molecule has 0 saturated heterocycles. The molecule has 4 heterocycles. The van der Waals surface area contributed by atoms with Crippen LogP contribution in [0.4, 0.5) is 0 Å². The van der Waals surface area contributed by atoms with Crippen LogP contribution in [0.25, 0.3) is 5.47 Å². The predicted octanol–water partition coefficient (Wildman–Crippen LogP) is 4.80. The molecule has 0 radical (unpaired) electrons. The zero-order valence-electron chi connectivity index (χ0n) is 18.6. The highest BCUT2D eigenvalue weighted by atomic mass is 31.2. The SMILES string of the molecule is C[P+]1(C)CC(C2CCCCC2)=C(c2ccccn2)[B-]1(c1ccccn1)c1ccccn1. The van der Waals surface area contributed by atoms with Crippen molar-refractivity contribution >= 4 is 29.7 Å². The fourth-order valence-corrected chi connectivity index (χ4v) is 10.7. The van der Waals surface area contributed by atoms with Gasteiger partial charge in [-0.15, -0.1) is 12.6 Å². The maximum atomic E-state index is 5.01. The van der Waals surface area contributed by atoms with Crippen LogP contribution in [0.5, 0.6) is 0 Å². The monoisotopic (exact) mass is 427 g/mol. The molecule has 3 nitrogen and oxygen atoms in total. The first kappa shape index (κ1) is 20.6. The van der Waals surface area contributed by atoms with Gasteiger partial charge in [0, 0.05) is 43.8 Å². The van der Waals surface area contributed by atoms with E-state index in [1.54, 1.807) is 5.57 Å². The van der Waals surface area contributed by atoms with Crippen LogP contribution in [0.2, 0.25) is 0 Å². The van der Waals surface area contributed by atoms with Crippen LogP contribution in [-0.4, -0.2) is 40.3 Å². The third-order valence-corrected chi connectivity index (χ3v) is 11.7. The molecule has 0 N–H and O–H groups in total. The van der Waals surface area contributed by atoms with Gasteiger partial charge in [0.1, 0.15) is 0 Å². The number of allylic oxidation sites excluding steroid dienone is 1. The van der Waals surface area contributed by atoms with Crippen molar-refractivity contribution < 1.29 is 0 Å². The summed E-state index contributed by atoms with van der Waals surface area (Å²) in [6, 6.07) is 19.2. The third-order valence-electron chi connectivity index (χ3n) is 7.66. The van der Waals surface area contributed by atoms with Crippen molar-refractivity contribution in [3.63, 3.8) is 0 Å². The Morgan fingerprint density at radius 3 is 1.84 bits per heavy atom. The van der Waals surface area contributed by atoms with Gasteiger partial charge in [-0.05, 0) is 43.0 Å². The number of hydrogen-bond acceptors (Lipinski definition) is 3. The van der Waals surface area contributed by atoms with E-state index < -0.39 is 13.0 Å². The van der Waals surface area contributed by atoms with E-state index in [2.05, 4.69) is 49.7 Å². The second kappa shape index (κ2) is 8.32. The molecular formula is C26H31BN3P. The maximum absolute atomic E-state index is 5.01. The lowest BCUT2D eigenvalue weighted by Crippen LogP contribution is -2.61. The standard InChI is InChI=1S/C26H31BN3P/c1-31(2)20-22(21-12-4-3-5-13-21)26(23-14-6-9-17-28-23)27(31,24-15-7-10-18-29-24)25-16-8-11-19-30-25/h6-11,14-19,21H,3-5,12-13,20H2,1-2H3. The van der Waals surface area contributed by atoms with Gasteiger partial charge in [-0.25, -0.2) is 0 Å². The summed E-state index contributed by atoms with van der Waals surface area (Å²) in [6.45, 7) is 5.07. The number of nitrogens with zero attached hydrogens (tertiary/aromatic N) is 3. The summed E-state index contributed by atoms with van der Waals surface area (Å²) in [7, 11) is -1.50. The zero-order chi connectivity index (χ0) is 21.3. The molecule has 3 aromatic rings. The Hall–Kier alpha value is -2.32. The van der Waals surface area contributed by atoms with Crippen LogP contribution >= 0.6 is 7.14 Å². The van der Waals surface area contributed by atoms with Gasteiger partial charge in [-0.1, -0.05) is 66.4 Å². The van der Waals surface area contributed by atoms with E-state index in [4.69, 9.17) is 15.0 Å². The number of rotatable bonds is 4. The molecular weight excluding hydrogens is 396 g/mol. The maximum Gasteiger partial charge on any atom is 0.282 e. The molecule has 1 saturated carbocycles. The Balaban J connectivity index is 1.87. The van der Waals surface area contributed by atoms with E-state index in [0.717, 1.165) is 5.69 Å². The molecule has 5 heteroatoms. The summed E-state index contributed by atoms with van der Waals surface area (Å²) in [5, 5.41) is 0. The van der Waals surface area contributed by atoms with Gasteiger partial charge in [-0.3, -0.25) is 15.0 Å². The Kier molecular flexibility index (Phi) is 5.52. The van der Waals surface area contributed by atoms with Gasteiger partial charge in [-0.2, -0.15) is 0 Å². The Morgan fingerprint density at radius 2 is 1.32 bits per heavy atom. The first-order valence-corrected chi connectivity index (χ1v) is 14.5. The van der Waals surface area contributed by atoms with E-state index in [0.29, 0.717) is 5.92 Å². The first-order valence-electron chi connectivity index (χ1n) is 11.6. The molecule has 0 spiro atoms. The molecule has 2 aliphatic rings. The minimum absolute atomic E-state index is 0.668. The smallest absolute Gasteiger partial charge is 0.282 e. The molecule has 0 aromatic carbocycles. The summed E-state index contributed by atoms with van der Waals surface area (Å²) in [5.74, 6) is -0.600. The van der Waals surface area contributed by atoms with Gasteiger partial charge < -0.3 is 0 Å². The minimum Gasteiger partial charge on any atom is -0.298 e. The van der Waals surface area contributed by atoms with Gasteiger partial charge in [0.15, 0.2) is 0 Å². The highest BCUT2D eigenvalue weighted by molar-refractivity contribution is 8.14. The number of aromatic nitrogens is 3. The van der Waals surface area contributed by atoms with E-state index in [1.807, 2.05) is 36.8 Å². The average molecular weight is 427 g/mol. The molecule has 0 bridgehead atoms. The molecule has 0 amide bonds. The predicted molar refractivity (Wildman–Crippen MR) is 135 cm³/mol. The van der Waals surface area contributed by atoms with Crippen LogP contribution in [0, 0.1) is 5.92 Å². The molecule has 1 aliphatic heterocycles. The van der Waals surface area contributed by atoms with Crippen molar-refractivity contribution in [1.29, 1.82) is 0 Å². The molecule has 3 aromatic heterocycles. The zero-order valence-corrected chi connectivity index (χ0v) is 19.5. The molecule has 0 unspecified atom stereocenters. The molecule has 31 heavy (non-hydrogen) atoms. The minimum atomic E-state index is -1.50. The summed E-state index contributed by atoms with van der Waals surface area (Å²) >= 11 is 0. The van der Waals surface area contributed by atoms with E-state index in [-0.39, 0.29) is 0 Å². The largest absolute Gasteiger partial charge is 0.298 e. The van der Waals surface area contributed by atoms with Crippen molar-refractivity contribution in [1.82, 2.24) is 15.0 Å². The second-order valence-corrected chi connectivity index (χ2v) is 14.4. The van der Waals surface area contributed by atoms with E-state index in [1.165, 1.54) is 54.9 Å². The summed E-state index contributed by atoms with van der Waals surface area (Å²) < 4.78 is 0. The van der Waals surface area contributed by atoms with Crippen molar-refractivity contribution in [2.45, 2.75) is 32.1 Å². The van der Waals surface area contributed by atoms with Gasteiger partial charge in [0.2, 0.25) is 0 Å². The van der Waals surface area contributed by atoms with Crippen molar-refractivity contribution in [3.8, 4) is 0 Å². The topological polar surface area (TPSA) is 38.7 Å². The lowest BCUT2D eigenvalue weighted by Gasteiger charge is -2.43. The van der Waals surface area contributed by atoms with Crippen molar-refractivity contribution in [3.05, 3.63) is 84.5 Å². The normalized spacial score (nSPS) is 20.7. The summed E-state index contributed by atoms with van der Waals surface area (Å²) in [5.41, 5.74) is 6.62. The van der Waals surface area contributed by atoms with E-state index in [9.17, 15) is 0 Å². The third kappa shape index (κ3) is 3.36. The molecule has 1 fully saturated rings. The van der Waals surface area contributed by atoms with Crippen molar-refractivity contribution in [2.75, 3.05) is 19.5 Å². The second-order valence-electron chi connectivity index (χ2n) is 9.76. The number of pyridine rings is 3. The summed E-state index contributed by atoms with van der Waals surface area (Å²) in [6.07, 6.45) is 13.7. The van der Waals surface area contributed by atoms with Crippen molar-refractivity contribution in [2.24, 2.45) is 5.92 Å². The Labute approximate surface area is 186 Å². The first-order chi connectivity index (χ1) is 15.1. The van der Waals surface area contributed by atoms with Crippen LogP contribution in [0.15, 0.2) is 78.8 Å². The molecule has 158 valence electrons. The quantitative estimate of drug-likeness (QED) is 0.444. The highest BCUT2D eigenvalue weighted by Gasteiger charge is 2.59. The fraction of sp³-hybridized carbons (Fsp3) is 0.346. The van der Waals surface area contributed by atoms with Gasteiger partial charge in [0.05, 0.1) is 0 Å². The molecule has 0 atom stereocenters. The summed E-state index contributed by atoms with van der Waals surface area (Å²) in [4.78, 5) is 15.0.